The van der Waals surface area contributed by atoms with Crippen molar-refractivity contribution in [1.82, 2.24) is 9.97 Å². The molecule has 2 aromatic rings. The highest BCUT2D eigenvalue weighted by molar-refractivity contribution is 5.55. The Morgan fingerprint density at radius 3 is 2.61 bits per heavy atom. The molecule has 1 aromatic carbocycles. The Kier molecular flexibility index (Phi) is 4.11. The lowest BCUT2D eigenvalue weighted by atomic mass is 10.0. The van der Waals surface area contributed by atoms with Gasteiger partial charge in [-0.3, -0.25) is 0 Å². The van der Waals surface area contributed by atoms with Crippen LogP contribution in [-0.2, 0) is 17.7 Å². The van der Waals surface area contributed by atoms with Crippen LogP contribution in [0.25, 0.3) is 0 Å². The van der Waals surface area contributed by atoms with Gasteiger partial charge in [0.15, 0.2) is 0 Å². The summed E-state index contributed by atoms with van der Waals surface area (Å²) in [6, 6.07) is 8.70. The summed E-state index contributed by atoms with van der Waals surface area (Å²) in [6.07, 6.45) is 6.33. The molecule has 2 aliphatic rings. The van der Waals surface area contributed by atoms with Crippen LogP contribution >= 0.6 is 0 Å². The quantitative estimate of drug-likeness (QED) is 0.870. The third-order valence-electron chi connectivity index (χ3n) is 4.57. The molecule has 0 aliphatic carbocycles. The van der Waals surface area contributed by atoms with E-state index in [0.717, 1.165) is 45.3 Å². The van der Waals surface area contributed by atoms with Gasteiger partial charge in [0.2, 0.25) is 5.95 Å². The predicted octanol–water partition coefficient (Wildman–Crippen LogP) is 2.27. The average molecular weight is 310 g/mol. The van der Waals surface area contributed by atoms with Gasteiger partial charge in [0.25, 0.3) is 0 Å². The Labute approximate surface area is 136 Å². The van der Waals surface area contributed by atoms with Gasteiger partial charge >= 0.3 is 0 Å². The van der Waals surface area contributed by atoms with Gasteiger partial charge in [-0.2, -0.15) is 0 Å². The summed E-state index contributed by atoms with van der Waals surface area (Å²) in [5.41, 5.74) is 3.97. The monoisotopic (exact) mass is 310 g/mol. The fourth-order valence-electron chi connectivity index (χ4n) is 3.35. The largest absolute Gasteiger partial charge is 0.378 e. The zero-order chi connectivity index (χ0) is 15.5. The highest BCUT2D eigenvalue weighted by Gasteiger charge is 2.17. The van der Waals surface area contributed by atoms with Crippen molar-refractivity contribution in [2.45, 2.75) is 19.4 Å². The Bertz CT molecular complexity index is 652. The first-order valence-corrected chi connectivity index (χ1v) is 8.36. The molecule has 120 valence electrons. The van der Waals surface area contributed by atoms with E-state index < -0.39 is 0 Å². The highest BCUT2D eigenvalue weighted by Crippen LogP contribution is 2.27. The zero-order valence-electron chi connectivity index (χ0n) is 13.3. The summed E-state index contributed by atoms with van der Waals surface area (Å²) in [7, 11) is 0. The van der Waals surface area contributed by atoms with Crippen molar-refractivity contribution >= 4 is 11.6 Å². The van der Waals surface area contributed by atoms with Crippen molar-refractivity contribution < 1.29 is 4.74 Å². The number of hydrogen-bond donors (Lipinski definition) is 0. The maximum absolute atomic E-state index is 5.37. The second-order valence-corrected chi connectivity index (χ2v) is 6.14. The average Bonchev–Trinajstić information content (AvgIpc) is 2.63. The molecule has 0 amide bonds. The Hall–Kier alpha value is -2.14. The van der Waals surface area contributed by atoms with Crippen molar-refractivity contribution in [1.29, 1.82) is 0 Å². The van der Waals surface area contributed by atoms with Gasteiger partial charge in [-0.15, -0.1) is 0 Å². The zero-order valence-corrected chi connectivity index (χ0v) is 13.3. The van der Waals surface area contributed by atoms with Gasteiger partial charge < -0.3 is 14.5 Å². The normalized spacial score (nSPS) is 17.9. The minimum absolute atomic E-state index is 0.760. The van der Waals surface area contributed by atoms with Crippen molar-refractivity contribution in [2.24, 2.45) is 0 Å². The minimum Gasteiger partial charge on any atom is -0.378 e. The molecule has 0 N–H and O–H groups in total. The molecule has 23 heavy (non-hydrogen) atoms. The Balaban J connectivity index is 1.47. The summed E-state index contributed by atoms with van der Waals surface area (Å²) in [5, 5.41) is 0. The van der Waals surface area contributed by atoms with Gasteiger partial charge in [-0.25, -0.2) is 9.97 Å². The number of fused-ring (bicyclic) bond motifs is 1. The van der Waals surface area contributed by atoms with Crippen LogP contribution in [0.3, 0.4) is 0 Å². The molecule has 0 bridgehead atoms. The lowest BCUT2D eigenvalue weighted by Crippen LogP contribution is -2.37. The lowest BCUT2D eigenvalue weighted by Gasteiger charge is -2.31. The molecule has 1 aromatic heterocycles. The maximum atomic E-state index is 5.37. The van der Waals surface area contributed by atoms with Crippen molar-refractivity contribution in [2.75, 3.05) is 42.6 Å². The molecule has 4 rings (SSSR count). The molecule has 1 saturated heterocycles. The smallest absolute Gasteiger partial charge is 0.225 e. The molecule has 0 radical (unpaired) electrons. The number of nitrogens with zero attached hydrogens (tertiary/aromatic N) is 4. The first-order valence-electron chi connectivity index (χ1n) is 8.36. The third kappa shape index (κ3) is 3.15. The molecular weight excluding hydrogens is 288 g/mol. The standard InChI is InChI=1S/C18H22N4O/c1-2-6-17-16(4-1)5-3-7-22(17)14-15-12-19-18(20-13-15)21-8-10-23-11-9-21/h1-2,4,6,12-13H,3,5,7-11,14H2. The topological polar surface area (TPSA) is 41.5 Å². The number of hydrogen-bond acceptors (Lipinski definition) is 5. The van der Waals surface area contributed by atoms with Crippen molar-refractivity contribution in [3.8, 4) is 0 Å². The first-order chi connectivity index (χ1) is 11.4. The van der Waals surface area contributed by atoms with Crippen LogP contribution in [0.15, 0.2) is 36.7 Å². The summed E-state index contributed by atoms with van der Waals surface area (Å²) in [6.45, 7) is 5.24. The Morgan fingerprint density at radius 1 is 1.00 bits per heavy atom. The van der Waals surface area contributed by atoms with Crippen LogP contribution in [0.4, 0.5) is 11.6 Å². The number of aromatic nitrogens is 2. The molecule has 5 nitrogen and oxygen atoms in total. The van der Waals surface area contributed by atoms with E-state index in [9.17, 15) is 0 Å². The van der Waals surface area contributed by atoms with Crippen molar-refractivity contribution in [3.63, 3.8) is 0 Å². The van der Waals surface area contributed by atoms with Crippen LogP contribution in [0.1, 0.15) is 17.5 Å². The molecular formula is C18H22N4O. The predicted molar refractivity (Wildman–Crippen MR) is 90.9 cm³/mol. The molecule has 5 heteroatoms. The van der Waals surface area contributed by atoms with E-state index >= 15 is 0 Å². The summed E-state index contributed by atoms with van der Waals surface area (Å²) < 4.78 is 5.37. The number of morpholine rings is 1. The summed E-state index contributed by atoms with van der Waals surface area (Å²) in [5.74, 6) is 0.816. The van der Waals surface area contributed by atoms with Crippen LogP contribution < -0.4 is 9.80 Å². The van der Waals surface area contributed by atoms with E-state index in [2.05, 4.69) is 44.0 Å². The van der Waals surface area contributed by atoms with Crippen LogP contribution in [0.5, 0.6) is 0 Å². The van der Waals surface area contributed by atoms with Gasteiger partial charge in [0.05, 0.1) is 13.2 Å². The molecule has 0 saturated carbocycles. The molecule has 2 aliphatic heterocycles. The molecule has 0 spiro atoms. The minimum atomic E-state index is 0.760. The third-order valence-corrected chi connectivity index (χ3v) is 4.57. The number of rotatable bonds is 3. The number of benzene rings is 1. The number of ether oxygens (including phenoxy) is 1. The van der Waals surface area contributed by atoms with Gasteiger partial charge in [0, 0.05) is 49.8 Å². The van der Waals surface area contributed by atoms with E-state index in [1.54, 1.807) is 0 Å². The Morgan fingerprint density at radius 2 is 1.78 bits per heavy atom. The van der Waals surface area contributed by atoms with Crippen molar-refractivity contribution in [3.05, 3.63) is 47.8 Å². The van der Waals surface area contributed by atoms with E-state index in [-0.39, 0.29) is 0 Å². The number of aryl methyl sites for hydroxylation is 1. The van der Waals surface area contributed by atoms with Gasteiger partial charge in [-0.05, 0) is 24.5 Å². The van der Waals surface area contributed by atoms with E-state index in [0.29, 0.717) is 0 Å². The van der Waals surface area contributed by atoms with E-state index in [1.165, 1.54) is 29.7 Å². The SMILES string of the molecule is c1ccc2c(c1)CCCN2Cc1cnc(N2CCOCC2)nc1. The van der Waals surface area contributed by atoms with Crippen LogP contribution in [-0.4, -0.2) is 42.8 Å². The molecule has 0 unspecified atom stereocenters. The van der Waals surface area contributed by atoms with Crippen LogP contribution in [0.2, 0.25) is 0 Å². The van der Waals surface area contributed by atoms with E-state index in [4.69, 9.17) is 4.74 Å². The second kappa shape index (κ2) is 6.54. The summed E-state index contributed by atoms with van der Waals surface area (Å²) in [4.78, 5) is 13.7. The second-order valence-electron chi connectivity index (χ2n) is 6.14. The van der Waals surface area contributed by atoms with Gasteiger partial charge in [0.1, 0.15) is 0 Å². The fourth-order valence-corrected chi connectivity index (χ4v) is 3.35. The summed E-state index contributed by atoms with van der Waals surface area (Å²) >= 11 is 0. The first kappa shape index (κ1) is 14.5. The van der Waals surface area contributed by atoms with Crippen LogP contribution in [0, 0.1) is 0 Å². The maximum Gasteiger partial charge on any atom is 0.225 e. The lowest BCUT2D eigenvalue weighted by molar-refractivity contribution is 0.122. The van der Waals surface area contributed by atoms with E-state index in [1.807, 2.05) is 12.4 Å². The molecule has 3 heterocycles. The molecule has 0 atom stereocenters. The fraction of sp³-hybridized carbons (Fsp3) is 0.444. The number of anilines is 2. The molecule has 1 fully saturated rings. The number of para-hydroxylation sites is 1. The highest BCUT2D eigenvalue weighted by atomic mass is 16.5. The van der Waals surface area contributed by atoms with Gasteiger partial charge in [-0.1, -0.05) is 18.2 Å².